The van der Waals surface area contributed by atoms with Gasteiger partial charge in [0, 0.05) is 11.3 Å². The van der Waals surface area contributed by atoms with Crippen LogP contribution >= 0.6 is 0 Å². The lowest BCUT2D eigenvalue weighted by molar-refractivity contribution is 0.0602. The number of carbonyl (C=O) groups excluding carboxylic acids is 2. The number of hydrogen-bond donors (Lipinski definition) is 2. The maximum Gasteiger partial charge on any atom is 0.339 e. The van der Waals surface area contributed by atoms with E-state index in [-0.39, 0.29) is 23.2 Å². The molecular weight excluding hydrogens is 340 g/mol. The van der Waals surface area contributed by atoms with Gasteiger partial charge in [-0.15, -0.1) is 0 Å². The number of anilines is 1. The summed E-state index contributed by atoms with van der Waals surface area (Å²) in [5.41, 5.74) is 8.50. The number of ether oxygens (including phenoxy) is 1. The smallest absolute Gasteiger partial charge is 0.339 e. The monoisotopic (exact) mass is 360 g/mol. The van der Waals surface area contributed by atoms with E-state index >= 15 is 0 Å². The minimum atomic E-state index is -0.579. The first-order valence-electron chi connectivity index (χ1n) is 8.48. The van der Waals surface area contributed by atoms with Crippen molar-refractivity contribution in [2.75, 3.05) is 12.8 Å². The fraction of sp³-hybridized carbons (Fsp3) is 0.0909. The van der Waals surface area contributed by atoms with Crippen LogP contribution in [0.3, 0.4) is 0 Å². The molecule has 0 bridgehead atoms. The molecular formula is C22H20N2O3. The molecule has 5 nitrogen and oxygen atoms in total. The van der Waals surface area contributed by atoms with Gasteiger partial charge in [0.2, 0.25) is 0 Å². The number of benzene rings is 3. The van der Waals surface area contributed by atoms with Crippen LogP contribution < -0.4 is 11.1 Å². The number of carbonyl (C=O) groups is 2. The Morgan fingerprint density at radius 1 is 0.889 bits per heavy atom. The van der Waals surface area contributed by atoms with E-state index in [0.29, 0.717) is 5.56 Å². The van der Waals surface area contributed by atoms with Crippen molar-refractivity contribution in [2.24, 2.45) is 0 Å². The summed E-state index contributed by atoms with van der Waals surface area (Å²) in [5, 5.41) is 3.04. The van der Waals surface area contributed by atoms with E-state index in [9.17, 15) is 9.59 Å². The van der Waals surface area contributed by atoms with Crippen molar-refractivity contribution in [3.8, 4) is 0 Å². The fourth-order valence-electron chi connectivity index (χ4n) is 2.85. The van der Waals surface area contributed by atoms with Crippen LogP contribution in [0.25, 0.3) is 0 Å². The highest BCUT2D eigenvalue weighted by Crippen LogP contribution is 2.23. The molecule has 27 heavy (non-hydrogen) atoms. The van der Waals surface area contributed by atoms with Crippen molar-refractivity contribution >= 4 is 17.6 Å². The van der Waals surface area contributed by atoms with E-state index in [1.165, 1.54) is 19.2 Å². The van der Waals surface area contributed by atoms with Crippen LogP contribution in [0.5, 0.6) is 0 Å². The predicted octanol–water partition coefficient (Wildman–Crippen LogP) is 3.57. The molecule has 0 saturated heterocycles. The highest BCUT2D eigenvalue weighted by Gasteiger charge is 2.19. The second-order valence-electron chi connectivity index (χ2n) is 6.02. The largest absolute Gasteiger partial charge is 0.465 e. The van der Waals surface area contributed by atoms with Crippen molar-refractivity contribution in [1.29, 1.82) is 0 Å². The van der Waals surface area contributed by atoms with Gasteiger partial charge in [-0.3, -0.25) is 4.79 Å². The number of nitrogen functional groups attached to an aromatic ring is 1. The summed E-state index contributed by atoms with van der Waals surface area (Å²) < 4.78 is 4.72. The van der Waals surface area contributed by atoms with Gasteiger partial charge in [-0.2, -0.15) is 0 Å². The number of amides is 1. The summed E-state index contributed by atoms with van der Waals surface area (Å²) in [6.45, 7) is 0. The molecule has 0 aliphatic carbocycles. The number of methoxy groups -OCH3 is 1. The van der Waals surface area contributed by atoms with Gasteiger partial charge < -0.3 is 15.8 Å². The molecule has 0 unspecified atom stereocenters. The fourth-order valence-corrected chi connectivity index (χ4v) is 2.85. The first-order chi connectivity index (χ1) is 13.1. The standard InChI is InChI=1S/C22H20N2O3/c1-27-22(26)18-14-17(12-13-19(18)23)21(25)24-20(15-8-4-2-5-9-15)16-10-6-3-7-11-16/h2-14,20H,23H2,1H3,(H,24,25). The molecule has 5 heteroatoms. The topological polar surface area (TPSA) is 81.4 Å². The second-order valence-corrected chi connectivity index (χ2v) is 6.02. The third-order valence-corrected chi connectivity index (χ3v) is 4.26. The molecule has 3 aromatic carbocycles. The van der Waals surface area contributed by atoms with Crippen LogP contribution in [0.1, 0.15) is 37.9 Å². The van der Waals surface area contributed by atoms with Crippen molar-refractivity contribution in [3.63, 3.8) is 0 Å². The summed E-state index contributed by atoms with van der Waals surface area (Å²) in [5.74, 6) is -0.886. The SMILES string of the molecule is COC(=O)c1cc(C(=O)NC(c2ccccc2)c2ccccc2)ccc1N. The first kappa shape index (κ1) is 18.2. The van der Waals surface area contributed by atoms with Gasteiger partial charge in [0.05, 0.1) is 18.7 Å². The number of esters is 1. The Hall–Kier alpha value is -3.60. The minimum Gasteiger partial charge on any atom is -0.465 e. The Morgan fingerprint density at radius 2 is 1.44 bits per heavy atom. The van der Waals surface area contributed by atoms with Crippen molar-refractivity contribution < 1.29 is 14.3 Å². The van der Waals surface area contributed by atoms with Gasteiger partial charge in [0.25, 0.3) is 5.91 Å². The van der Waals surface area contributed by atoms with E-state index in [1.807, 2.05) is 60.7 Å². The summed E-state index contributed by atoms with van der Waals surface area (Å²) in [4.78, 5) is 24.7. The van der Waals surface area contributed by atoms with Crippen LogP contribution in [0, 0.1) is 0 Å². The maximum absolute atomic E-state index is 12.9. The molecule has 3 aromatic rings. The molecule has 136 valence electrons. The van der Waals surface area contributed by atoms with Gasteiger partial charge in [0.1, 0.15) is 0 Å². The van der Waals surface area contributed by atoms with Crippen molar-refractivity contribution in [2.45, 2.75) is 6.04 Å². The van der Waals surface area contributed by atoms with E-state index < -0.39 is 5.97 Å². The molecule has 0 heterocycles. The molecule has 0 spiro atoms. The summed E-state index contributed by atoms with van der Waals surface area (Å²) in [6.07, 6.45) is 0. The van der Waals surface area contributed by atoms with Crippen molar-refractivity contribution in [3.05, 3.63) is 101 Å². The van der Waals surface area contributed by atoms with Gasteiger partial charge in [-0.1, -0.05) is 60.7 Å². The normalized spacial score (nSPS) is 10.4. The molecule has 0 aliphatic rings. The van der Waals surface area contributed by atoms with Gasteiger partial charge >= 0.3 is 5.97 Å². The number of rotatable bonds is 5. The third kappa shape index (κ3) is 4.15. The predicted molar refractivity (Wildman–Crippen MR) is 104 cm³/mol. The Morgan fingerprint density at radius 3 is 1.96 bits per heavy atom. The zero-order chi connectivity index (χ0) is 19.2. The molecule has 0 fully saturated rings. The van der Waals surface area contributed by atoms with Crippen LogP contribution in [-0.4, -0.2) is 19.0 Å². The van der Waals surface area contributed by atoms with Crippen LogP contribution in [0.4, 0.5) is 5.69 Å². The van der Waals surface area contributed by atoms with Crippen LogP contribution in [0.2, 0.25) is 0 Å². The summed E-state index contributed by atoms with van der Waals surface area (Å²) in [7, 11) is 1.27. The lowest BCUT2D eigenvalue weighted by Gasteiger charge is -2.20. The third-order valence-electron chi connectivity index (χ3n) is 4.26. The second kappa shape index (κ2) is 8.19. The minimum absolute atomic E-state index is 0.168. The van der Waals surface area contributed by atoms with Gasteiger partial charge in [0.15, 0.2) is 0 Å². The van der Waals surface area contributed by atoms with Crippen molar-refractivity contribution in [1.82, 2.24) is 5.32 Å². The number of nitrogens with one attached hydrogen (secondary N) is 1. The Kier molecular flexibility index (Phi) is 5.52. The maximum atomic E-state index is 12.9. The summed E-state index contributed by atoms with van der Waals surface area (Å²) in [6, 6.07) is 23.6. The summed E-state index contributed by atoms with van der Waals surface area (Å²) >= 11 is 0. The lowest BCUT2D eigenvalue weighted by atomic mass is 9.98. The molecule has 0 atom stereocenters. The molecule has 0 aromatic heterocycles. The highest BCUT2D eigenvalue weighted by molar-refractivity contribution is 6.01. The van der Waals surface area contributed by atoms with Gasteiger partial charge in [-0.05, 0) is 29.3 Å². The van der Waals surface area contributed by atoms with E-state index in [1.54, 1.807) is 6.07 Å². The Labute approximate surface area is 157 Å². The molecule has 0 aliphatic heterocycles. The zero-order valence-electron chi connectivity index (χ0n) is 14.9. The van der Waals surface area contributed by atoms with E-state index in [0.717, 1.165) is 11.1 Å². The average Bonchev–Trinajstić information content (AvgIpc) is 2.73. The molecule has 1 amide bonds. The molecule has 3 N–H and O–H groups in total. The van der Waals surface area contributed by atoms with Crippen LogP contribution in [-0.2, 0) is 4.74 Å². The zero-order valence-corrected chi connectivity index (χ0v) is 14.9. The Balaban J connectivity index is 1.93. The van der Waals surface area contributed by atoms with Gasteiger partial charge in [-0.25, -0.2) is 4.79 Å². The number of hydrogen-bond acceptors (Lipinski definition) is 4. The lowest BCUT2D eigenvalue weighted by Crippen LogP contribution is -2.29. The molecule has 3 rings (SSSR count). The van der Waals surface area contributed by atoms with Crippen LogP contribution in [0.15, 0.2) is 78.9 Å². The highest BCUT2D eigenvalue weighted by atomic mass is 16.5. The Bertz CT molecular complexity index is 901. The van der Waals surface area contributed by atoms with E-state index in [2.05, 4.69) is 5.32 Å². The quantitative estimate of drug-likeness (QED) is 0.538. The first-order valence-corrected chi connectivity index (χ1v) is 8.48. The number of nitrogens with two attached hydrogens (primary N) is 1. The molecule has 0 saturated carbocycles. The molecule has 0 radical (unpaired) electrons. The average molecular weight is 360 g/mol. The van der Waals surface area contributed by atoms with E-state index in [4.69, 9.17) is 10.5 Å².